The van der Waals surface area contributed by atoms with Gasteiger partial charge in [-0.1, -0.05) is 0 Å². The van der Waals surface area contributed by atoms with Crippen molar-refractivity contribution in [2.45, 2.75) is 19.4 Å². The first-order valence-corrected chi connectivity index (χ1v) is 3.50. The van der Waals surface area contributed by atoms with E-state index in [0.29, 0.717) is 0 Å². The number of hydrogen-bond acceptors (Lipinski definition) is 4. The van der Waals surface area contributed by atoms with E-state index in [0.717, 1.165) is 0 Å². The minimum absolute atomic E-state index is 0.312. The Morgan fingerprint density at radius 3 is 2.70 bits per heavy atom. The van der Waals surface area contributed by atoms with E-state index >= 15 is 0 Å². The summed E-state index contributed by atoms with van der Waals surface area (Å²) in [5, 5.41) is 8.12. The van der Waals surface area contributed by atoms with E-state index in [4.69, 9.17) is 5.11 Å². The monoisotopic (exact) mass is 167 g/mol. The first kappa shape index (κ1) is 9.54. The van der Waals surface area contributed by atoms with Gasteiger partial charge in [-0.05, 0) is 6.92 Å². The molecule has 0 saturated carbocycles. The fraction of sp³-hybridized carbons (Fsp3) is 0.750. The summed E-state index contributed by atoms with van der Waals surface area (Å²) in [4.78, 5) is 9.91. The highest BCUT2D eigenvalue weighted by Crippen LogP contribution is 1.97. The van der Waals surface area contributed by atoms with Crippen LogP contribution >= 0.6 is 0 Å². The number of rotatable bonds is 4. The van der Waals surface area contributed by atoms with Crippen LogP contribution in [0.5, 0.6) is 0 Å². The quantitative estimate of drug-likeness (QED) is 0.579. The molecule has 0 amide bonds. The second-order valence-corrected chi connectivity index (χ2v) is 2.31. The van der Waals surface area contributed by atoms with Crippen molar-refractivity contribution in [1.29, 1.82) is 0 Å². The third-order valence-corrected chi connectivity index (χ3v) is 1.19. The van der Waals surface area contributed by atoms with Gasteiger partial charge in [0.1, 0.15) is 0 Å². The summed E-state index contributed by atoms with van der Waals surface area (Å²) < 4.78 is 23.6. The lowest BCUT2D eigenvalue weighted by Crippen LogP contribution is -2.14. The smallest absolute Gasteiger partial charge is 0.306 e. The number of carbonyl (C=O) groups is 1. The van der Waals surface area contributed by atoms with Gasteiger partial charge < -0.3 is 9.66 Å². The zero-order chi connectivity index (χ0) is 8.15. The molecule has 0 aliphatic rings. The molecule has 0 heterocycles. The average Bonchev–Trinajstić information content (AvgIpc) is 1.58. The highest BCUT2D eigenvalue weighted by molar-refractivity contribution is 7.74. The van der Waals surface area contributed by atoms with Crippen LogP contribution in [0.3, 0.4) is 0 Å². The predicted octanol–water partition coefficient (Wildman–Crippen LogP) is -0.340. The van der Waals surface area contributed by atoms with E-state index in [2.05, 4.69) is 4.18 Å². The number of carboxylic acids is 1. The molecule has 60 valence electrons. The lowest BCUT2D eigenvalue weighted by molar-refractivity contribution is -0.138. The molecule has 0 aromatic heterocycles. The molecular formula is C4H7O5S-. The molecule has 1 unspecified atom stereocenters. The largest absolute Gasteiger partial charge is 0.750 e. The van der Waals surface area contributed by atoms with Crippen molar-refractivity contribution in [1.82, 2.24) is 0 Å². The van der Waals surface area contributed by atoms with Crippen molar-refractivity contribution in [3.63, 3.8) is 0 Å². The van der Waals surface area contributed by atoms with Gasteiger partial charge in [0.15, 0.2) is 0 Å². The maximum absolute atomic E-state index is 9.91. The van der Waals surface area contributed by atoms with Gasteiger partial charge >= 0.3 is 5.97 Å². The molecule has 1 N–H and O–H groups in total. The molecule has 0 radical (unpaired) electrons. The molecule has 5 nitrogen and oxygen atoms in total. The molecule has 0 aromatic carbocycles. The van der Waals surface area contributed by atoms with E-state index in [9.17, 15) is 13.6 Å². The lowest BCUT2D eigenvalue weighted by Gasteiger charge is -2.10. The molecule has 0 rings (SSSR count). The Hall–Kier alpha value is -0.460. The first-order valence-electron chi connectivity index (χ1n) is 2.50. The van der Waals surface area contributed by atoms with Crippen molar-refractivity contribution >= 4 is 17.3 Å². The van der Waals surface area contributed by atoms with E-state index in [1.54, 1.807) is 0 Å². The summed E-state index contributed by atoms with van der Waals surface area (Å²) >= 11 is -2.63. The van der Waals surface area contributed by atoms with Gasteiger partial charge in [0.2, 0.25) is 0 Å². The summed E-state index contributed by atoms with van der Waals surface area (Å²) in [5.41, 5.74) is 0. The van der Waals surface area contributed by atoms with E-state index in [1.165, 1.54) is 6.92 Å². The second-order valence-electron chi connectivity index (χ2n) is 1.71. The fourth-order valence-electron chi connectivity index (χ4n) is 0.414. The molecule has 0 aliphatic carbocycles. The van der Waals surface area contributed by atoms with Gasteiger partial charge in [-0.25, -0.2) is 4.21 Å². The zero-order valence-corrected chi connectivity index (χ0v) is 6.09. The average molecular weight is 167 g/mol. The van der Waals surface area contributed by atoms with Crippen LogP contribution in [0.1, 0.15) is 13.3 Å². The second kappa shape index (κ2) is 4.37. The molecule has 10 heavy (non-hydrogen) atoms. The Balaban J connectivity index is 3.53. The van der Waals surface area contributed by atoms with E-state index in [-0.39, 0.29) is 6.42 Å². The highest BCUT2D eigenvalue weighted by atomic mass is 32.2. The normalized spacial score (nSPS) is 16.2. The summed E-state index contributed by atoms with van der Waals surface area (Å²) in [6.07, 6.45) is -1.11. The Morgan fingerprint density at radius 2 is 2.40 bits per heavy atom. The summed E-state index contributed by atoms with van der Waals surface area (Å²) in [5.74, 6) is -1.09. The fourth-order valence-corrected chi connectivity index (χ4v) is 0.750. The van der Waals surface area contributed by atoms with Crippen LogP contribution in [0.25, 0.3) is 0 Å². The van der Waals surface area contributed by atoms with Crippen molar-refractivity contribution in [2.75, 3.05) is 0 Å². The minimum atomic E-state index is -2.63. The standard InChI is InChI=1S/C4H8O5S/c1-3(2-4(5)6)9-10(7)8/h3H,2H2,1H3,(H,5,6)(H,7,8)/p-1/t3-/m1/s1. The summed E-state index contributed by atoms with van der Waals surface area (Å²) in [7, 11) is 0. The van der Waals surface area contributed by atoms with E-state index < -0.39 is 23.4 Å². The maximum atomic E-state index is 9.91. The molecule has 0 aromatic rings. The van der Waals surface area contributed by atoms with Gasteiger partial charge in [-0.15, -0.1) is 0 Å². The van der Waals surface area contributed by atoms with Crippen molar-refractivity contribution in [2.24, 2.45) is 0 Å². The van der Waals surface area contributed by atoms with Crippen molar-refractivity contribution < 1.29 is 22.8 Å². The number of aliphatic carboxylic acids is 1. The molecule has 0 bridgehead atoms. The van der Waals surface area contributed by atoms with Crippen LogP contribution in [0.4, 0.5) is 0 Å². The Morgan fingerprint density at radius 1 is 1.90 bits per heavy atom. The van der Waals surface area contributed by atoms with Gasteiger partial charge in [-0.2, -0.15) is 0 Å². The van der Waals surface area contributed by atoms with Gasteiger partial charge in [0.05, 0.1) is 23.9 Å². The van der Waals surface area contributed by atoms with Crippen LogP contribution in [0.2, 0.25) is 0 Å². The molecule has 0 spiro atoms. The third kappa shape index (κ3) is 5.67. The Labute approximate surface area is 60.5 Å². The van der Waals surface area contributed by atoms with Crippen LogP contribution < -0.4 is 0 Å². The molecule has 0 saturated heterocycles. The van der Waals surface area contributed by atoms with Crippen LogP contribution in [-0.2, 0) is 20.3 Å². The van der Waals surface area contributed by atoms with Gasteiger partial charge in [0.25, 0.3) is 0 Å². The highest BCUT2D eigenvalue weighted by Gasteiger charge is 2.07. The van der Waals surface area contributed by atoms with Crippen LogP contribution in [-0.4, -0.2) is 25.9 Å². The third-order valence-electron chi connectivity index (χ3n) is 0.705. The Kier molecular flexibility index (Phi) is 4.17. The van der Waals surface area contributed by atoms with Crippen molar-refractivity contribution in [3.8, 4) is 0 Å². The van der Waals surface area contributed by atoms with Crippen molar-refractivity contribution in [3.05, 3.63) is 0 Å². The number of hydrogen-bond donors (Lipinski definition) is 1. The maximum Gasteiger partial charge on any atom is 0.306 e. The zero-order valence-electron chi connectivity index (χ0n) is 5.27. The van der Waals surface area contributed by atoms with Crippen LogP contribution in [0.15, 0.2) is 0 Å². The van der Waals surface area contributed by atoms with E-state index in [1.807, 2.05) is 0 Å². The molecule has 2 atom stereocenters. The molecule has 0 aliphatic heterocycles. The molecular weight excluding hydrogens is 160 g/mol. The SMILES string of the molecule is C[C@H](CC(=O)O)OS(=O)[O-]. The summed E-state index contributed by atoms with van der Waals surface area (Å²) in [6.45, 7) is 1.36. The minimum Gasteiger partial charge on any atom is -0.750 e. The molecule has 6 heteroatoms. The number of carboxylic acid groups (broad SMARTS) is 1. The first-order chi connectivity index (χ1) is 4.52. The van der Waals surface area contributed by atoms with Gasteiger partial charge in [-0.3, -0.25) is 8.98 Å². The lowest BCUT2D eigenvalue weighted by atomic mass is 10.3. The van der Waals surface area contributed by atoms with Gasteiger partial charge in [0, 0.05) is 0 Å². The predicted molar refractivity (Wildman–Crippen MR) is 31.7 cm³/mol. The van der Waals surface area contributed by atoms with Crippen LogP contribution in [0, 0.1) is 0 Å². The molecule has 0 fully saturated rings. The topological polar surface area (TPSA) is 86.7 Å². The summed E-state index contributed by atoms with van der Waals surface area (Å²) in [6, 6.07) is 0. The Bertz CT molecular complexity index is 129.